The molecule has 0 saturated carbocycles. The van der Waals surface area contributed by atoms with Crippen molar-refractivity contribution in [1.82, 2.24) is 19.9 Å². The zero-order chi connectivity index (χ0) is 17.0. The summed E-state index contributed by atoms with van der Waals surface area (Å²) in [6, 6.07) is 1.43. The highest BCUT2D eigenvalue weighted by Gasteiger charge is 2.27. The number of hydrogen-bond donors (Lipinski definition) is 3. The Kier molecular flexibility index (Phi) is 7.63. The lowest BCUT2D eigenvalue weighted by Gasteiger charge is -2.24. The number of H-pyrrole nitrogens is 1. The number of halogens is 1. The molecule has 0 aromatic carbocycles. The first-order chi connectivity index (χ1) is 11.6. The van der Waals surface area contributed by atoms with Gasteiger partial charge in [0.15, 0.2) is 0 Å². The number of nitrogens with zero attached hydrogens (tertiary/aromatic N) is 1. The van der Waals surface area contributed by atoms with Crippen LogP contribution in [0.3, 0.4) is 0 Å². The standard InChI is InChI=1S/C15H24N4O3S2.ClH/c20-15(17-4-2-12-1-3-16-10-12)14-9-13(11-18-14)24(21,22)19-5-7-23-8-6-19;/h9,11-12,16,18H,1-8,10H2,(H,17,20);1H. The monoisotopic (exact) mass is 408 g/mol. The van der Waals surface area contributed by atoms with E-state index in [0.29, 0.717) is 31.2 Å². The summed E-state index contributed by atoms with van der Waals surface area (Å²) in [5.41, 5.74) is 0.296. The molecule has 0 aliphatic carbocycles. The fraction of sp³-hybridized carbons (Fsp3) is 0.667. The van der Waals surface area contributed by atoms with Gasteiger partial charge < -0.3 is 15.6 Å². The van der Waals surface area contributed by atoms with E-state index in [4.69, 9.17) is 0 Å². The number of rotatable bonds is 6. The predicted molar refractivity (Wildman–Crippen MR) is 102 cm³/mol. The van der Waals surface area contributed by atoms with Crippen molar-refractivity contribution in [3.05, 3.63) is 18.0 Å². The molecule has 0 bridgehead atoms. The first kappa shape index (κ1) is 20.6. The van der Waals surface area contributed by atoms with E-state index in [0.717, 1.165) is 37.4 Å². The van der Waals surface area contributed by atoms with Gasteiger partial charge >= 0.3 is 0 Å². The summed E-state index contributed by atoms with van der Waals surface area (Å²) < 4.78 is 26.6. The van der Waals surface area contributed by atoms with Crippen molar-refractivity contribution in [2.75, 3.05) is 44.2 Å². The minimum absolute atomic E-state index is 0. The minimum Gasteiger partial charge on any atom is -0.356 e. The van der Waals surface area contributed by atoms with Gasteiger partial charge in [0.05, 0.1) is 0 Å². The molecule has 2 aliphatic rings. The summed E-state index contributed by atoms with van der Waals surface area (Å²) in [6.07, 6.45) is 3.50. The van der Waals surface area contributed by atoms with Gasteiger partial charge in [0.2, 0.25) is 10.0 Å². The smallest absolute Gasteiger partial charge is 0.267 e. The Labute approximate surface area is 159 Å². The summed E-state index contributed by atoms with van der Waals surface area (Å²) in [7, 11) is -3.51. The molecule has 7 nitrogen and oxygen atoms in total. The second-order valence-corrected chi connectivity index (χ2v) is 9.33. The number of carbonyl (C=O) groups is 1. The van der Waals surface area contributed by atoms with Crippen molar-refractivity contribution < 1.29 is 13.2 Å². The van der Waals surface area contributed by atoms with E-state index >= 15 is 0 Å². The molecule has 3 N–H and O–H groups in total. The molecule has 1 atom stereocenters. The summed E-state index contributed by atoms with van der Waals surface area (Å²) in [6.45, 7) is 3.71. The number of hydrogen-bond acceptors (Lipinski definition) is 5. The van der Waals surface area contributed by atoms with Crippen LogP contribution < -0.4 is 10.6 Å². The number of sulfonamides is 1. The van der Waals surface area contributed by atoms with Gasteiger partial charge in [-0.2, -0.15) is 16.1 Å². The maximum absolute atomic E-state index is 12.6. The topological polar surface area (TPSA) is 94.3 Å². The summed E-state index contributed by atoms with van der Waals surface area (Å²) in [5.74, 6) is 1.98. The van der Waals surface area contributed by atoms with Crippen LogP contribution in [0.25, 0.3) is 0 Å². The van der Waals surface area contributed by atoms with E-state index in [2.05, 4.69) is 15.6 Å². The summed E-state index contributed by atoms with van der Waals surface area (Å²) in [5, 5.41) is 6.16. The van der Waals surface area contributed by atoms with Crippen molar-refractivity contribution in [3.63, 3.8) is 0 Å². The van der Waals surface area contributed by atoms with Crippen molar-refractivity contribution in [1.29, 1.82) is 0 Å². The zero-order valence-corrected chi connectivity index (χ0v) is 16.4. The van der Waals surface area contributed by atoms with Gasteiger partial charge in [-0.05, 0) is 37.9 Å². The van der Waals surface area contributed by atoms with E-state index in [9.17, 15) is 13.2 Å². The molecular formula is C15H25ClN4O3S2. The lowest BCUT2D eigenvalue weighted by molar-refractivity contribution is 0.0947. The normalized spacial score (nSPS) is 21.7. The Morgan fingerprint density at radius 3 is 2.80 bits per heavy atom. The van der Waals surface area contributed by atoms with Crippen LogP contribution in [-0.2, 0) is 10.0 Å². The van der Waals surface area contributed by atoms with Gasteiger partial charge in [0.25, 0.3) is 5.91 Å². The van der Waals surface area contributed by atoms with Crippen LogP contribution in [0.4, 0.5) is 0 Å². The van der Waals surface area contributed by atoms with E-state index in [1.54, 1.807) is 11.8 Å². The molecule has 0 spiro atoms. The molecule has 10 heteroatoms. The molecule has 1 aromatic rings. The van der Waals surface area contributed by atoms with Gasteiger partial charge in [-0.15, -0.1) is 12.4 Å². The van der Waals surface area contributed by atoms with Crippen LogP contribution in [0, 0.1) is 5.92 Å². The van der Waals surface area contributed by atoms with Crippen LogP contribution >= 0.6 is 24.2 Å². The lowest BCUT2D eigenvalue weighted by atomic mass is 10.1. The van der Waals surface area contributed by atoms with E-state index in [1.165, 1.54) is 16.6 Å². The van der Waals surface area contributed by atoms with E-state index < -0.39 is 10.0 Å². The Hall–Kier alpha value is -0.740. The van der Waals surface area contributed by atoms with Crippen LogP contribution in [-0.4, -0.2) is 67.8 Å². The summed E-state index contributed by atoms with van der Waals surface area (Å²) in [4.78, 5) is 15.1. The van der Waals surface area contributed by atoms with Gasteiger partial charge in [0, 0.05) is 37.3 Å². The van der Waals surface area contributed by atoms with Gasteiger partial charge in [0.1, 0.15) is 10.6 Å². The van der Waals surface area contributed by atoms with Crippen LogP contribution in [0.2, 0.25) is 0 Å². The second kappa shape index (κ2) is 9.27. The molecule has 2 saturated heterocycles. The number of nitrogens with one attached hydrogen (secondary N) is 3. The van der Waals surface area contributed by atoms with E-state index in [-0.39, 0.29) is 23.2 Å². The number of amides is 1. The number of carbonyl (C=O) groups excluding carboxylic acids is 1. The second-order valence-electron chi connectivity index (χ2n) is 6.17. The maximum Gasteiger partial charge on any atom is 0.267 e. The lowest BCUT2D eigenvalue weighted by Crippen LogP contribution is -2.37. The quantitative estimate of drug-likeness (QED) is 0.650. The Morgan fingerprint density at radius 2 is 2.12 bits per heavy atom. The third-order valence-corrected chi connectivity index (χ3v) is 7.33. The molecular weight excluding hydrogens is 384 g/mol. The highest BCUT2D eigenvalue weighted by Crippen LogP contribution is 2.20. The van der Waals surface area contributed by atoms with Crippen LogP contribution in [0.15, 0.2) is 17.2 Å². The molecule has 2 aliphatic heterocycles. The van der Waals surface area contributed by atoms with Crippen molar-refractivity contribution in [2.24, 2.45) is 5.92 Å². The zero-order valence-electron chi connectivity index (χ0n) is 14.0. The van der Waals surface area contributed by atoms with Crippen molar-refractivity contribution >= 4 is 40.1 Å². The van der Waals surface area contributed by atoms with Gasteiger partial charge in [-0.1, -0.05) is 0 Å². The SMILES string of the molecule is Cl.O=C(NCCC1CCNC1)c1cc(S(=O)(=O)N2CCSCC2)c[nH]1. The molecule has 25 heavy (non-hydrogen) atoms. The van der Waals surface area contributed by atoms with Gasteiger partial charge in [-0.25, -0.2) is 8.42 Å². The average Bonchev–Trinajstić information content (AvgIpc) is 3.27. The first-order valence-corrected chi connectivity index (χ1v) is 10.9. The number of thioether (sulfide) groups is 1. The average molecular weight is 409 g/mol. The van der Waals surface area contributed by atoms with Crippen LogP contribution in [0.5, 0.6) is 0 Å². The third-order valence-electron chi connectivity index (χ3n) is 4.51. The number of aromatic amines is 1. The molecule has 1 aromatic heterocycles. The van der Waals surface area contributed by atoms with E-state index in [1.807, 2.05) is 0 Å². The molecule has 2 fully saturated rings. The highest BCUT2D eigenvalue weighted by atomic mass is 35.5. The fourth-order valence-electron chi connectivity index (χ4n) is 3.04. The molecule has 1 unspecified atom stereocenters. The Morgan fingerprint density at radius 1 is 1.36 bits per heavy atom. The minimum atomic E-state index is -3.51. The van der Waals surface area contributed by atoms with Crippen molar-refractivity contribution in [2.45, 2.75) is 17.7 Å². The molecule has 3 rings (SSSR count). The predicted octanol–water partition coefficient (Wildman–Crippen LogP) is 0.903. The molecule has 3 heterocycles. The molecule has 142 valence electrons. The Bertz CT molecular complexity index is 668. The van der Waals surface area contributed by atoms with Crippen LogP contribution in [0.1, 0.15) is 23.3 Å². The first-order valence-electron chi connectivity index (χ1n) is 8.32. The number of aromatic nitrogens is 1. The third kappa shape index (κ3) is 5.13. The fourth-order valence-corrected chi connectivity index (χ4v) is 5.61. The van der Waals surface area contributed by atoms with Gasteiger partial charge in [-0.3, -0.25) is 4.79 Å². The molecule has 1 amide bonds. The molecule has 0 radical (unpaired) electrons. The summed E-state index contributed by atoms with van der Waals surface area (Å²) >= 11 is 1.76. The Balaban J connectivity index is 0.00000225. The maximum atomic E-state index is 12.6. The van der Waals surface area contributed by atoms with Crippen molar-refractivity contribution in [3.8, 4) is 0 Å². The largest absolute Gasteiger partial charge is 0.356 e. The highest BCUT2D eigenvalue weighted by molar-refractivity contribution is 7.99.